The molecule has 1 aromatic carbocycles. The standard InChI is InChI=1S/C21H30O6/c1-3-5-12-25-19(22)18-14-17(16-10-8-7-9-11-16)15-21(24,27-18)20(23)26-13-6-4-2/h7-11,17-18,24H,3-6,12-15H2,1-2H3. The first-order valence-corrected chi connectivity index (χ1v) is 9.79. The summed E-state index contributed by atoms with van der Waals surface area (Å²) < 4.78 is 15.9. The van der Waals surface area contributed by atoms with Gasteiger partial charge in [0.05, 0.1) is 13.2 Å². The number of hydrogen-bond acceptors (Lipinski definition) is 6. The molecule has 6 nitrogen and oxygen atoms in total. The van der Waals surface area contributed by atoms with Crippen molar-refractivity contribution >= 4 is 11.9 Å². The second kappa shape index (κ2) is 10.4. The molecule has 1 aliphatic heterocycles. The summed E-state index contributed by atoms with van der Waals surface area (Å²) in [6.07, 6.45) is 2.60. The number of hydrogen-bond donors (Lipinski definition) is 1. The average molecular weight is 378 g/mol. The maximum absolute atomic E-state index is 12.5. The lowest BCUT2D eigenvalue weighted by molar-refractivity contribution is -0.263. The highest BCUT2D eigenvalue weighted by Gasteiger charge is 2.50. The first-order valence-electron chi connectivity index (χ1n) is 9.79. The highest BCUT2D eigenvalue weighted by Crippen LogP contribution is 2.39. The van der Waals surface area contributed by atoms with Gasteiger partial charge in [-0.05, 0) is 30.7 Å². The summed E-state index contributed by atoms with van der Waals surface area (Å²) in [6.45, 7) is 4.49. The number of esters is 2. The first kappa shape index (κ1) is 21.4. The Morgan fingerprint density at radius 3 is 2.37 bits per heavy atom. The van der Waals surface area contributed by atoms with Crippen molar-refractivity contribution in [1.82, 2.24) is 0 Å². The molecule has 3 atom stereocenters. The van der Waals surface area contributed by atoms with Crippen LogP contribution in [0.15, 0.2) is 30.3 Å². The molecule has 1 saturated heterocycles. The molecule has 150 valence electrons. The van der Waals surface area contributed by atoms with Gasteiger partial charge in [0, 0.05) is 6.42 Å². The molecule has 1 fully saturated rings. The molecule has 1 aromatic rings. The van der Waals surface area contributed by atoms with E-state index in [1.165, 1.54) is 0 Å². The molecular formula is C21H30O6. The Morgan fingerprint density at radius 1 is 1.11 bits per heavy atom. The largest absolute Gasteiger partial charge is 0.464 e. The Hall–Kier alpha value is -1.92. The second-order valence-corrected chi connectivity index (χ2v) is 6.95. The van der Waals surface area contributed by atoms with Crippen LogP contribution in [0, 0.1) is 0 Å². The molecule has 1 N–H and O–H groups in total. The van der Waals surface area contributed by atoms with Crippen LogP contribution in [0.4, 0.5) is 0 Å². The number of rotatable bonds is 9. The van der Waals surface area contributed by atoms with E-state index in [2.05, 4.69) is 0 Å². The lowest BCUT2D eigenvalue weighted by Crippen LogP contribution is -2.52. The van der Waals surface area contributed by atoms with E-state index in [0.717, 1.165) is 24.8 Å². The van der Waals surface area contributed by atoms with E-state index in [1.807, 2.05) is 44.2 Å². The van der Waals surface area contributed by atoms with Crippen LogP contribution < -0.4 is 0 Å². The van der Waals surface area contributed by atoms with Crippen molar-refractivity contribution in [2.75, 3.05) is 13.2 Å². The van der Waals surface area contributed by atoms with E-state index in [4.69, 9.17) is 14.2 Å². The van der Waals surface area contributed by atoms with Crippen LogP contribution in [0.5, 0.6) is 0 Å². The van der Waals surface area contributed by atoms with Gasteiger partial charge in [0.2, 0.25) is 0 Å². The quantitative estimate of drug-likeness (QED) is 0.524. The maximum Gasteiger partial charge on any atom is 0.366 e. The minimum Gasteiger partial charge on any atom is -0.464 e. The minimum absolute atomic E-state index is 0.0424. The molecule has 0 spiro atoms. The summed E-state index contributed by atoms with van der Waals surface area (Å²) in [7, 11) is 0. The molecule has 0 amide bonds. The van der Waals surface area contributed by atoms with Gasteiger partial charge in [0.1, 0.15) is 0 Å². The Labute approximate surface area is 160 Å². The molecule has 0 bridgehead atoms. The topological polar surface area (TPSA) is 82.1 Å². The fraction of sp³-hybridized carbons (Fsp3) is 0.619. The van der Waals surface area contributed by atoms with Gasteiger partial charge in [0.25, 0.3) is 5.79 Å². The summed E-state index contributed by atoms with van der Waals surface area (Å²) >= 11 is 0. The van der Waals surface area contributed by atoms with E-state index >= 15 is 0 Å². The zero-order valence-electron chi connectivity index (χ0n) is 16.2. The van der Waals surface area contributed by atoms with E-state index < -0.39 is 23.8 Å². The van der Waals surface area contributed by atoms with Crippen LogP contribution >= 0.6 is 0 Å². The molecule has 0 aliphatic carbocycles. The summed E-state index contributed by atoms with van der Waals surface area (Å²) in [5, 5.41) is 10.9. The van der Waals surface area contributed by atoms with E-state index in [0.29, 0.717) is 19.4 Å². The van der Waals surface area contributed by atoms with Gasteiger partial charge in [0.15, 0.2) is 6.10 Å². The number of benzene rings is 1. The highest BCUT2D eigenvalue weighted by atomic mass is 16.7. The number of aliphatic hydroxyl groups is 1. The Kier molecular flexibility index (Phi) is 8.25. The Morgan fingerprint density at radius 2 is 1.74 bits per heavy atom. The highest BCUT2D eigenvalue weighted by molar-refractivity contribution is 5.80. The third kappa shape index (κ3) is 6.04. The van der Waals surface area contributed by atoms with Crippen LogP contribution in [0.2, 0.25) is 0 Å². The maximum atomic E-state index is 12.5. The molecule has 0 radical (unpaired) electrons. The molecule has 0 saturated carbocycles. The molecule has 6 heteroatoms. The molecule has 2 rings (SSSR count). The minimum atomic E-state index is -2.15. The van der Waals surface area contributed by atoms with Crippen molar-refractivity contribution in [3.05, 3.63) is 35.9 Å². The predicted molar refractivity (Wildman–Crippen MR) is 100.0 cm³/mol. The number of ether oxygens (including phenoxy) is 3. The van der Waals surface area contributed by atoms with Crippen molar-refractivity contribution in [3.8, 4) is 0 Å². The van der Waals surface area contributed by atoms with Crippen LogP contribution in [-0.4, -0.2) is 42.1 Å². The number of unbranched alkanes of at least 4 members (excludes halogenated alkanes) is 2. The van der Waals surface area contributed by atoms with Crippen LogP contribution in [0.1, 0.15) is 63.9 Å². The average Bonchev–Trinajstić information content (AvgIpc) is 2.68. The summed E-state index contributed by atoms with van der Waals surface area (Å²) in [5.41, 5.74) is 0.937. The van der Waals surface area contributed by atoms with E-state index in [1.54, 1.807) is 0 Å². The SMILES string of the molecule is CCCCOC(=O)C1CC(c2ccccc2)CC(O)(C(=O)OCCCC)O1. The fourth-order valence-corrected chi connectivity index (χ4v) is 3.09. The molecule has 1 aliphatic rings. The third-order valence-corrected chi connectivity index (χ3v) is 4.68. The summed E-state index contributed by atoms with van der Waals surface area (Å²) in [5.74, 6) is -3.76. The first-order chi connectivity index (χ1) is 13.0. The van der Waals surface area contributed by atoms with Crippen molar-refractivity contribution in [3.63, 3.8) is 0 Å². The second-order valence-electron chi connectivity index (χ2n) is 6.95. The van der Waals surface area contributed by atoms with Crippen LogP contribution in [0.25, 0.3) is 0 Å². The van der Waals surface area contributed by atoms with E-state index in [9.17, 15) is 14.7 Å². The van der Waals surface area contributed by atoms with Crippen molar-refractivity contribution in [2.24, 2.45) is 0 Å². The lowest BCUT2D eigenvalue weighted by Gasteiger charge is -2.38. The molecule has 0 aromatic heterocycles. The predicted octanol–water partition coefficient (Wildman–Crippen LogP) is 3.32. The summed E-state index contributed by atoms with van der Waals surface area (Å²) in [6, 6.07) is 9.50. The van der Waals surface area contributed by atoms with Gasteiger partial charge < -0.3 is 19.3 Å². The monoisotopic (exact) mass is 378 g/mol. The Bertz CT molecular complexity index is 602. The number of carbonyl (C=O) groups excluding carboxylic acids is 2. The van der Waals surface area contributed by atoms with Crippen LogP contribution in [0.3, 0.4) is 0 Å². The van der Waals surface area contributed by atoms with Gasteiger partial charge in [-0.2, -0.15) is 0 Å². The van der Waals surface area contributed by atoms with Crippen LogP contribution in [-0.2, 0) is 23.8 Å². The normalized spacial score (nSPS) is 25.0. The Balaban J connectivity index is 2.15. The molecule has 1 heterocycles. The lowest BCUT2D eigenvalue weighted by atomic mass is 9.84. The smallest absolute Gasteiger partial charge is 0.366 e. The van der Waals surface area contributed by atoms with Gasteiger partial charge in [-0.3, -0.25) is 0 Å². The number of carbonyl (C=O) groups is 2. The van der Waals surface area contributed by atoms with Gasteiger partial charge >= 0.3 is 11.9 Å². The zero-order valence-corrected chi connectivity index (χ0v) is 16.2. The summed E-state index contributed by atoms with van der Waals surface area (Å²) in [4.78, 5) is 24.9. The molecular weight excluding hydrogens is 348 g/mol. The van der Waals surface area contributed by atoms with Crippen molar-refractivity contribution < 1.29 is 28.9 Å². The van der Waals surface area contributed by atoms with Gasteiger partial charge in [-0.1, -0.05) is 57.0 Å². The van der Waals surface area contributed by atoms with Crippen molar-refractivity contribution in [2.45, 2.75) is 70.2 Å². The zero-order chi connectivity index (χ0) is 19.7. The molecule has 27 heavy (non-hydrogen) atoms. The van der Waals surface area contributed by atoms with Gasteiger partial charge in [-0.15, -0.1) is 0 Å². The third-order valence-electron chi connectivity index (χ3n) is 4.68. The van der Waals surface area contributed by atoms with E-state index in [-0.39, 0.29) is 18.9 Å². The van der Waals surface area contributed by atoms with Gasteiger partial charge in [-0.25, -0.2) is 9.59 Å². The molecule has 3 unspecified atom stereocenters. The fourth-order valence-electron chi connectivity index (χ4n) is 3.09. The van der Waals surface area contributed by atoms with Crippen molar-refractivity contribution in [1.29, 1.82) is 0 Å².